The van der Waals surface area contributed by atoms with Gasteiger partial charge in [0, 0.05) is 18.1 Å². The van der Waals surface area contributed by atoms with Crippen LogP contribution in [0.15, 0.2) is 0 Å². The van der Waals surface area contributed by atoms with Crippen LogP contribution in [0.4, 0.5) is 0 Å². The minimum absolute atomic E-state index is 0.202. The first-order valence-corrected chi connectivity index (χ1v) is 8.22. The predicted octanol–water partition coefficient (Wildman–Crippen LogP) is 1.38. The molecule has 0 heterocycles. The quantitative estimate of drug-likeness (QED) is 0.758. The number of nitrogens with one attached hydrogen (secondary N) is 2. The standard InChI is InChI=1S/C12H24N2O2S/c1-10(9-13-11-5-6-11)17(15,16)14-12(2)7-3-4-8-12/h10-11,13-14H,3-9H2,1-2H3. The van der Waals surface area contributed by atoms with Crippen molar-refractivity contribution in [2.24, 2.45) is 0 Å². The van der Waals surface area contributed by atoms with Gasteiger partial charge in [-0.3, -0.25) is 0 Å². The van der Waals surface area contributed by atoms with Crippen molar-refractivity contribution in [1.29, 1.82) is 0 Å². The number of hydrogen-bond donors (Lipinski definition) is 2. The lowest BCUT2D eigenvalue weighted by Crippen LogP contribution is -2.49. The van der Waals surface area contributed by atoms with Crippen LogP contribution in [-0.2, 0) is 10.0 Å². The summed E-state index contributed by atoms with van der Waals surface area (Å²) in [5.41, 5.74) is -0.202. The minimum Gasteiger partial charge on any atom is -0.313 e. The third kappa shape index (κ3) is 3.66. The normalized spacial score (nSPS) is 26.0. The van der Waals surface area contributed by atoms with E-state index in [1.54, 1.807) is 6.92 Å². The average Bonchev–Trinajstić information content (AvgIpc) is 2.97. The van der Waals surface area contributed by atoms with Gasteiger partial charge < -0.3 is 5.32 Å². The SMILES string of the molecule is CC(CNC1CC1)S(=O)(=O)NC1(C)CCCC1. The molecule has 0 amide bonds. The van der Waals surface area contributed by atoms with Gasteiger partial charge in [-0.25, -0.2) is 13.1 Å². The van der Waals surface area contributed by atoms with Gasteiger partial charge in [-0.05, 0) is 39.5 Å². The Balaban J connectivity index is 1.87. The Labute approximate surface area is 105 Å². The first-order chi connectivity index (χ1) is 7.91. The second kappa shape index (κ2) is 4.86. The lowest BCUT2D eigenvalue weighted by atomic mass is 10.0. The summed E-state index contributed by atoms with van der Waals surface area (Å²) >= 11 is 0. The Morgan fingerprint density at radius 2 is 1.88 bits per heavy atom. The molecule has 1 atom stereocenters. The molecule has 0 bridgehead atoms. The van der Waals surface area contributed by atoms with Crippen molar-refractivity contribution in [2.45, 2.75) is 69.2 Å². The maximum atomic E-state index is 12.2. The fraction of sp³-hybridized carbons (Fsp3) is 1.00. The van der Waals surface area contributed by atoms with E-state index < -0.39 is 10.0 Å². The molecule has 0 saturated heterocycles. The highest BCUT2D eigenvalue weighted by molar-refractivity contribution is 7.90. The average molecular weight is 260 g/mol. The lowest BCUT2D eigenvalue weighted by molar-refractivity contribution is 0.423. The molecule has 0 radical (unpaired) electrons. The molecule has 0 aromatic rings. The summed E-state index contributed by atoms with van der Waals surface area (Å²) in [6.07, 6.45) is 6.58. The number of rotatable bonds is 6. The van der Waals surface area contributed by atoms with Crippen LogP contribution < -0.4 is 10.0 Å². The zero-order valence-electron chi connectivity index (χ0n) is 10.8. The zero-order chi connectivity index (χ0) is 12.5. The van der Waals surface area contributed by atoms with E-state index in [-0.39, 0.29) is 10.8 Å². The maximum absolute atomic E-state index is 12.2. The molecule has 17 heavy (non-hydrogen) atoms. The van der Waals surface area contributed by atoms with E-state index in [4.69, 9.17) is 0 Å². The summed E-state index contributed by atoms with van der Waals surface area (Å²) in [5.74, 6) is 0. The van der Waals surface area contributed by atoms with Gasteiger partial charge in [-0.2, -0.15) is 0 Å². The van der Waals surface area contributed by atoms with Gasteiger partial charge in [0.15, 0.2) is 0 Å². The van der Waals surface area contributed by atoms with E-state index in [2.05, 4.69) is 10.0 Å². The smallest absolute Gasteiger partial charge is 0.215 e. The van der Waals surface area contributed by atoms with E-state index >= 15 is 0 Å². The lowest BCUT2D eigenvalue weighted by Gasteiger charge is -2.27. The molecule has 2 rings (SSSR count). The van der Waals surface area contributed by atoms with Gasteiger partial charge >= 0.3 is 0 Å². The van der Waals surface area contributed by atoms with Crippen LogP contribution in [-0.4, -0.2) is 31.8 Å². The van der Waals surface area contributed by atoms with Crippen LogP contribution in [0.2, 0.25) is 0 Å². The highest BCUT2D eigenvalue weighted by Crippen LogP contribution is 2.30. The summed E-state index contributed by atoms with van der Waals surface area (Å²) in [5, 5.41) is 2.93. The monoisotopic (exact) mass is 260 g/mol. The van der Waals surface area contributed by atoms with E-state index in [1.807, 2.05) is 6.92 Å². The Morgan fingerprint density at radius 1 is 1.29 bits per heavy atom. The maximum Gasteiger partial charge on any atom is 0.215 e. The molecule has 0 aromatic carbocycles. The number of hydrogen-bond acceptors (Lipinski definition) is 3. The van der Waals surface area contributed by atoms with Crippen molar-refractivity contribution in [2.75, 3.05) is 6.54 Å². The van der Waals surface area contributed by atoms with Crippen molar-refractivity contribution >= 4 is 10.0 Å². The molecule has 2 aliphatic rings. The van der Waals surface area contributed by atoms with Crippen molar-refractivity contribution < 1.29 is 8.42 Å². The van der Waals surface area contributed by atoms with Gasteiger partial charge in [0.25, 0.3) is 0 Å². The third-order valence-electron chi connectivity index (χ3n) is 3.90. The Morgan fingerprint density at radius 3 is 2.41 bits per heavy atom. The molecule has 2 N–H and O–H groups in total. The van der Waals surface area contributed by atoms with Crippen LogP contribution in [0.3, 0.4) is 0 Å². The van der Waals surface area contributed by atoms with E-state index in [1.165, 1.54) is 12.8 Å². The van der Waals surface area contributed by atoms with Gasteiger partial charge in [-0.15, -0.1) is 0 Å². The van der Waals surface area contributed by atoms with Gasteiger partial charge in [0.1, 0.15) is 0 Å². The Kier molecular flexibility index (Phi) is 3.80. The molecule has 5 heteroatoms. The van der Waals surface area contributed by atoms with E-state index in [0.717, 1.165) is 25.7 Å². The predicted molar refractivity (Wildman–Crippen MR) is 69.4 cm³/mol. The minimum atomic E-state index is -3.18. The number of sulfonamides is 1. The molecule has 2 aliphatic carbocycles. The summed E-state index contributed by atoms with van der Waals surface area (Å²) in [4.78, 5) is 0. The van der Waals surface area contributed by atoms with Crippen LogP contribution >= 0.6 is 0 Å². The summed E-state index contributed by atoms with van der Waals surface area (Å²) in [6, 6.07) is 0.565. The fourth-order valence-electron chi connectivity index (χ4n) is 2.43. The molecular weight excluding hydrogens is 236 g/mol. The molecule has 2 fully saturated rings. The first-order valence-electron chi connectivity index (χ1n) is 6.67. The first kappa shape index (κ1) is 13.3. The molecule has 0 spiro atoms. The topological polar surface area (TPSA) is 58.2 Å². The molecule has 2 saturated carbocycles. The second-order valence-electron chi connectivity index (χ2n) is 5.91. The second-order valence-corrected chi connectivity index (χ2v) is 8.01. The van der Waals surface area contributed by atoms with E-state index in [0.29, 0.717) is 12.6 Å². The van der Waals surface area contributed by atoms with Crippen molar-refractivity contribution in [3.63, 3.8) is 0 Å². The molecule has 1 unspecified atom stereocenters. The summed E-state index contributed by atoms with van der Waals surface area (Å²) < 4.78 is 27.3. The Hall–Kier alpha value is -0.130. The summed E-state index contributed by atoms with van der Waals surface area (Å²) in [6.45, 7) is 4.38. The van der Waals surface area contributed by atoms with E-state index in [9.17, 15) is 8.42 Å². The molecule has 100 valence electrons. The van der Waals surface area contributed by atoms with Gasteiger partial charge in [-0.1, -0.05) is 12.8 Å². The van der Waals surface area contributed by atoms with Gasteiger partial charge in [0.05, 0.1) is 5.25 Å². The van der Waals surface area contributed by atoms with Crippen molar-refractivity contribution in [1.82, 2.24) is 10.0 Å². The largest absolute Gasteiger partial charge is 0.313 e. The fourth-order valence-corrected chi connectivity index (χ4v) is 3.84. The summed E-state index contributed by atoms with van der Waals surface area (Å²) in [7, 11) is -3.18. The van der Waals surface area contributed by atoms with Crippen LogP contribution in [0, 0.1) is 0 Å². The molecule has 0 aliphatic heterocycles. The Bertz CT molecular complexity index is 357. The third-order valence-corrected chi connectivity index (χ3v) is 5.90. The highest BCUT2D eigenvalue weighted by Gasteiger charge is 2.35. The van der Waals surface area contributed by atoms with Crippen LogP contribution in [0.5, 0.6) is 0 Å². The molecule has 4 nitrogen and oxygen atoms in total. The molecule has 0 aromatic heterocycles. The van der Waals surface area contributed by atoms with Crippen molar-refractivity contribution in [3.8, 4) is 0 Å². The van der Waals surface area contributed by atoms with Gasteiger partial charge in [0.2, 0.25) is 10.0 Å². The molecular formula is C12H24N2O2S. The highest BCUT2D eigenvalue weighted by atomic mass is 32.2. The van der Waals surface area contributed by atoms with Crippen LogP contribution in [0.25, 0.3) is 0 Å². The van der Waals surface area contributed by atoms with Crippen molar-refractivity contribution in [3.05, 3.63) is 0 Å². The van der Waals surface area contributed by atoms with Crippen LogP contribution in [0.1, 0.15) is 52.4 Å². The zero-order valence-corrected chi connectivity index (χ0v) is 11.6.